The van der Waals surface area contributed by atoms with Crippen molar-refractivity contribution in [2.75, 3.05) is 10.6 Å². The molecule has 6 heteroatoms. The van der Waals surface area contributed by atoms with E-state index in [0.29, 0.717) is 17.3 Å². The molecule has 25 heavy (non-hydrogen) atoms. The molecule has 2 aromatic carbocycles. The third-order valence-electron chi connectivity index (χ3n) is 3.75. The van der Waals surface area contributed by atoms with Crippen molar-refractivity contribution in [3.8, 4) is 0 Å². The van der Waals surface area contributed by atoms with E-state index in [2.05, 4.69) is 44.9 Å². The smallest absolute Gasteiger partial charge is 0.249 e. The fraction of sp³-hybridized carbons (Fsp3) is 0.158. The Morgan fingerprint density at radius 1 is 1.08 bits per heavy atom. The van der Waals surface area contributed by atoms with Crippen LogP contribution in [0.5, 0.6) is 0 Å². The predicted molar refractivity (Wildman–Crippen MR) is 98.0 cm³/mol. The number of carbonyl (C=O) groups is 1. The molecular formula is C19H19N5O. The first-order valence-electron chi connectivity index (χ1n) is 8.01. The largest absolute Gasteiger partial charge is 0.362 e. The molecule has 0 fully saturated rings. The number of anilines is 3. The number of carbonyl (C=O) groups excluding carboxylic acids is 1. The fourth-order valence-electron chi connectivity index (χ4n) is 2.42. The van der Waals surface area contributed by atoms with Gasteiger partial charge in [-0.05, 0) is 31.5 Å². The van der Waals surface area contributed by atoms with Gasteiger partial charge in [-0.1, -0.05) is 42.5 Å². The van der Waals surface area contributed by atoms with Crippen LogP contribution in [0, 0.1) is 0 Å². The van der Waals surface area contributed by atoms with Gasteiger partial charge in [0.2, 0.25) is 5.95 Å². The van der Waals surface area contributed by atoms with E-state index in [1.165, 1.54) is 6.92 Å². The minimum Gasteiger partial charge on any atom is -0.362 e. The van der Waals surface area contributed by atoms with E-state index in [-0.39, 0.29) is 11.8 Å². The summed E-state index contributed by atoms with van der Waals surface area (Å²) in [6.07, 6.45) is 1.58. The normalized spacial score (nSPS) is 11.6. The number of rotatable bonds is 6. The molecule has 0 spiro atoms. The van der Waals surface area contributed by atoms with E-state index in [0.717, 1.165) is 11.3 Å². The molecule has 1 heterocycles. The third-order valence-corrected chi connectivity index (χ3v) is 3.75. The monoisotopic (exact) mass is 333 g/mol. The zero-order valence-corrected chi connectivity index (χ0v) is 14.1. The minimum atomic E-state index is 0.00907. The van der Waals surface area contributed by atoms with Gasteiger partial charge in [0.1, 0.15) is 0 Å². The summed E-state index contributed by atoms with van der Waals surface area (Å²) in [5.41, 5.74) is 2.53. The van der Waals surface area contributed by atoms with Crippen LogP contribution in [0.3, 0.4) is 0 Å². The highest BCUT2D eigenvalue weighted by Crippen LogP contribution is 2.19. The van der Waals surface area contributed by atoms with Crippen molar-refractivity contribution >= 4 is 23.2 Å². The lowest BCUT2D eigenvalue weighted by Crippen LogP contribution is -2.10. The summed E-state index contributed by atoms with van der Waals surface area (Å²) in [6.45, 7) is 3.59. The lowest BCUT2D eigenvalue weighted by atomic mass is 10.1. The van der Waals surface area contributed by atoms with E-state index in [4.69, 9.17) is 0 Å². The summed E-state index contributed by atoms with van der Waals surface area (Å²) in [7, 11) is 0. The van der Waals surface area contributed by atoms with Gasteiger partial charge in [-0.2, -0.15) is 10.1 Å². The fourth-order valence-corrected chi connectivity index (χ4v) is 2.42. The van der Waals surface area contributed by atoms with Crippen molar-refractivity contribution in [3.63, 3.8) is 0 Å². The molecule has 6 nitrogen and oxygen atoms in total. The number of nitrogens with zero attached hydrogens (tertiary/aromatic N) is 3. The molecule has 1 unspecified atom stereocenters. The molecule has 2 N–H and O–H groups in total. The third kappa shape index (κ3) is 4.38. The first-order valence-corrected chi connectivity index (χ1v) is 8.01. The first kappa shape index (κ1) is 16.6. The highest BCUT2D eigenvalue weighted by Gasteiger charge is 2.08. The van der Waals surface area contributed by atoms with Gasteiger partial charge < -0.3 is 10.6 Å². The van der Waals surface area contributed by atoms with Crippen LogP contribution in [-0.4, -0.2) is 21.0 Å². The van der Waals surface area contributed by atoms with Gasteiger partial charge >= 0.3 is 0 Å². The van der Waals surface area contributed by atoms with E-state index in [1.807, 2.05) is 30.3 Å². The van der Waals surface area contributed by atoms with Crippen molar-refractivity contribution in [1.82, 2.24) is 15.2 Å². The van der Waals surface area contributed by atoms with Crippen molar-refractivity contribution in [2.45, 2.75) is 19.9 Å². The molecule has 0 radical (unpaired) electrons. The van der Waals surface area contributed by atoms with E-state index >= 15 is 0 Å². The number of nitrogens with one attached hydrogen (secondary N) is 2. The minimum absolute atomic E-state index is 0.00907. The summed E-state index contributed by atoms with van der Waals surface area (Å²) in [4.78, 5) is 15.9. The maximum atomic E-state index is 11.5. The molecule has 0 bridgehead atoms. The highest BCUT2D eigenvalue weighted by molar-refractivity contribution is 5.95. The van der Waals surface area contributed by atoms with Gasteiger partial charge in [0, 0.05) is 17.3 Å². The summed E-state index contributed by atoms with van der Waals surface area (Å²) < 4.78 is 0. The topological polar surface area (TPSA) is 79.8 Å². The number of hydrogen-bond acceptors (Lipinski definition) is 6. The summed E-state index contributed by atoms with van der Waals surface area (Å²) in [5.74, 6) is 0.998. The van der Waals surface area contributed by atoms with Gasteiger partial charge in [0.15, 0.2) is 11.6 Å². The molecular weight excluding hydrogens is 314 g/mol. The highest BCUT2D eigenvalue weighted by atomic mass is 16.1. The molecule has 0 aliphatic rings. The van der Waals surface area contributed by atoms with Crippen LogP contribution in [0.2, 0.25) is 0 Å². The lowest BCUT2D eigenvalue weighted by Gasteiger charge is -2.15. The lowest BCUT2D eigenvalue weighted by molar-refractivity contribution is 0.101. The molecule has 0 saturated heterocycles. The molecule has 1 aromatic heterocycles. The Balaban J connectivity index is 1.73. The van der Waals surface area contributed by atoms with Crippen LogP contribution in [0.4, 0.5) is 17.5 Å². The first-order chi connectivity index (χ1) is 12.1. The maximum Gasteiger partial charge on any atom is 0.249 e. The maximum absolute atomic E-state index is 11.5. The van der Waals surface area contributed by atoms with Crippen molar-refractivity contribution < 1.29 is 4.79 Å². The van der Waals surface area contributed by atoms with Crippen LogP contribution in [-0.2, 0) is 0 Å². The molecule has 126 valence electrons. The van der Waals surface area contributed by atoms with Crippen LogP contribution in [0.1, 0.15) is 35.8 Å². The zero-order valence-electron chi connectivity index (χ0n) is 14.1. The average molecular weight is 333 g/mol. The van der Waals surface area contributed by atoms with Gasteiger partial charge in [-0.25, -0.2) is 0 Å². The van der Waals surface area contributed by atoms with Crippen LogP contribution >= 0.6 is 0 Å². The standard InChI is InChI=1S/C19H19N5O/c1-13(15-7-4-3-5-8-15)21-18-12-20-24-19(23-18)22-17-10-6-9-16(11-17)14(2)25/h3-13H,1-2H3,(H2,21,22,23,24). The Hall–Kier alpha value is -3.28. The summed E-state index contributed by atoms with van der Waals surface area (Å²) in [5, 5.41) is 14.4. The quantitative estimate of drug-likeness (QED) is 0.664. The van der Waals surface area contributed by atoms with Gasteiger partial charge in [-0.15, -0.1) is 5.10 Å². The predicted octanol–water partition coefficient (Wildman–Crippen LogP) is 3.99. The second-order valence-electron chi connectivity index (χ2n) is 5.70. The Morgan fingerprint density at radius 3 is 2.64 bits per heavy atom. The Kier molecular flexibility index (Phi) is 4.99. The van der Waals surface area contributed by atoms with Crippen LogP contribution in [0.15, 0.2) is 60.8 Å². The van der Waals surface area contributed by atoms with E-state index in [9.17, 15) is 4.79 Å². The SMILES string of the molecule is CC(=O)c1cccc(Nc2nncc(NC(C)c3ccccc3)n2)c1. The Bertz CT molecular complexity index is 866. The molecule has 3 rings (SSSR count). The molecule has 0 aliphatic heterocycles. The van der Waals surface area contributed by atoms with Crippen molar-refractivity contribution in [1.29, 1.82) is 0 Å². The summed E-state index contributed by atoms with van der Waals surface area (Å²) in [6, 6.07) is 17.4. The summed E-state index contributed by atoms with van der Waals surface area (Å²) >= 11 is 0. The number of hydrogen-bond donors (Lipinski definition) is 2. The molecule has 1 atom stereocenters. The molecule has 0 amide bonds. The number of aromatic nitrogens is 3. The van der Waals surface area contributed by atoms with Crippen LogP contribution < -0.4 is 10.6 Å². The number of Topliss-reactive ketones (excluding diaryl/α,β-unsaturated/α-hetero) is 1. The van der Waals surface area contributed by atoms with Gasteiger partial charge in [-0.3, -0.25) is 4.79 Å². The Labute approximate surface area is 146 Å². The van der Waals surface area contributed by atoms with Crippen LogP contribution in [0.25, 0.3) is 0 Å². The van der Waals surface area contributed by atoms with Gasteiger partial charge in [0.25, 0.3) is 0 Å². The van der Waals surface area contributed by atoms with Gasteiger partial charge in [0.05, 0.1) is 6.20 Å². The second kappa shape index (κ2) is 7.53. The second-order valence-corrected chi connectivity index (χ2v) is 5.70. The number of benzene rings is 2. The van der Waals surface area contributed by atoms with Crippen molar-refractivity contribution in [3.05, 3.63) is 71.9 Å². The Morgan fingerprint density at radius 2 is 1.88 bits per heavy atom. The van der Waals surface area contributed by atoms with Crippen molar-refractivity contribution in [2.24, 2.45) is 0 Å². The molecule has 0 saturated carbocycles. The van der Waals surface area contributed by atoms with E-state index in [1.54, 1.807) is 18.3 Å². The zero-order chi connectivity index (χ0) is 17.6. The number of ketones is 1. The average Bonchev–Trinajstić information content (AvgIpc) is 2.63. The molecule has 3 aromatic rings. The molecule has 0 aliphatic carbocycles. The van der Waals surface area contributed by atoms with E-state index < -0.39 is 0 Å².